The van der Waals surface area contributed by atoms with Gasteiger partial charge in [-0.2, -0.15) is 0 Å². The van der Waals surface area contributed by atoms with Gasteiger partial charge in [-0.1, -0.05) is 6.07 Å². The summed E-state index contributed by atoms with van der Waals surface area (Å²) in [4.78, 5) is 12.3. The molecule has 0 unspecified atom stereocenters. The molecule has 2 N–H and O–H groups in total. The summed E-state index contributed by atoms with van der Waals surface area (Å²) in [6.45, 7) is 3.73. The van der Waals surface area contributed by atoms with E-state index in [0.717, 1.165) is 24.5 Å². The minimum atomic E-state index is -3.56. The third kappa shape index (κ3) is 5.30. The Morgan fingerprint density at radius 3 is 2.74 bits per heavy atom. The molecule has 0 atom stereocenters. The van der Waals surface area contributed by atoms with Gasteiger partial charge in [-0.05, 0) is 56.8 Å². The molecule has 1 aliphatic rings. The summed E-state index contributed by atoms with van der Waals surface area (Å²) in [7, 11) is -2.21. The van der Waals surface area contributed by atoms with Gasteiger partial charge in [-0.25, -0.2) is 13.1 Å². The van der Waals surface area contributed by atoms with Crippen LogP contribution in [-0.2, 0) is 14.8 Å². The molecule has 0 aliphatic heterocycles. The maximum absolute atomic E-state index is 12.2. The zero-order valence-electron chi connectivity index (χ0n) is 13.6. The predicted octanol–water partition coefficient (Wildman–Crippen LogP) is 1.45. The number of hydrogen-bond donors (Lipinski definition) is 2. The fraction of sp³-hybridized carbons (Fsp3) is 0.562. The highest BCUT2D eigenvalue weighted by molar-refractivity contribution is 7.89. The molecule has 0 heterocycles. The quantitative estimate of drug-likeness (QED) is 0.667. The molecular formula is C16H24N2O4S. The van der Waals surface area contributed by atoms with Crippen molar-refractivity contribution in [3.05, 3.63) is 29.3 Å². The summed E-state index contributed by atoms with van der Waals surface area (Å²) in [6.07, 6.45) is 3.27. The molecule has 1 aliphatic carbocycles. The van der Waals surface area contributed by atoms with Crippen LogP contribution in [0.15, 0.2) is 23.1 Å². The van der Waals surface area contributed by atoms with E-state index in [-0.39, 0.29) is 10.8 Å². The Kier molecular flexibility index (Phi) is 6.15. The highest BCUT2D eigenvalue weighted by Crippen LogP contribution is 2.28. The molecule has 1 aromatic rings. The van der Waals surface area contributed by atoms with Crippen LogP contribution in [0.25, 0.3) is 0 Å². The first-order valence-corrected chi connectivity index (χ1v) is 9.32. The Morgan fingerprint density at radius 1 is 1.35 bits per heavy atom. The highest BCUT2D eigenvalue weighted by Gasteiger charge is 2.21. The number of aryl methyl sites for hydroxylation is 1. The average molecular weight is 340 g/mol. The number of amides is 1. The summed E-state index contributed by atoms with van der Waals surface area (Å²) in [5.41, 5.74) is 1.11. The highest BCUT2D eigenvalue weighted by atomic mass is 32.2. The molecule has 1 saturated carbocycles. The maximum atomic E-state index is 12.2. The number of hydrogen-bond acceptors (Lipinski definition) is 4. The van der Waals surface area contributed by atoms with Crippen LogP contribution in [0.2, 0.25) is 0 Å². The van der Waals surface area contributed by atoms with Crippen molar-refractivity contribution in [1.82, 2.24) is 10.0 Å². The average Bonchev–Trinajstić information content (AvgIpc) is 3.35. The van der Waals surface area contributed by atoms with Gasteiger partial charge in [-0.3, -0.25) is 4.79 Å². The molecule has 0 radical (unpaired) electrons. The standard InChI is InChI=1S/C16H24N2O4S/c1-12-4-7-14(23(20,21)17-2)10-15(12)16(19)18-8-3-9-22-11-13-5-6-13/h4,7,10,13,17H,3,5-6,8-9,11H2,1-2H3,(H,18,19). The van der Waals surface area contributed by atoms with E-state index in [0.29, 0.717) is 18.7 Å². The molecule has 0 bridgehead atoms. The van der Waals surface area contributed by atoms with Gasteiger partial charge in [0.2, 0.25) is 10.0 Å². The monoisotopic (exact) mass is 340 g/mol. The van der Waals surface area contributed by atoms with E-state index in [1.54, 1.807) is 13.0 Å². The van der Waals surface area contributed by atoms with Gasteiger partial charge >= 0.3 is 0 Å². The Labute approximate surface area is 137 Å². The van der Waals surface area contributed by atoms with Crippen molar-refractivity contribution >= 4 is 15.9 Å². The van der Waals surface area contributed by atoms with Crippen LogP contribution in [0, 0.1) is 12.8 Å². The van der Waals surface area contributed by atoms with Crippen molar-refractivity contribution < 1.29 is 17.9 Å². The number of carbonyl (C=O) groups is 1. The third-order valence-electron chi connectivity index (χ3n) is 3.83. The number of sulfonamides is 1. The summed E-state index contributed by atoms with van der Waals surface area (Å²) in [5, 5.41) is 2.81. The Bertz CT molecular complexity index is 654. The predicted molar refractivity (Wildman–Crippen MR) is 87.9 cm³/mol. The van der Waals surface area contributed by atoms with Crippen LogP contribution in [-0.4, -0.2) is 41.1 Å². The molecule has 0 spiro atoms. The van der Waals surface area contributed by atoms with Gasteiger partial charge in [0.15, 0.2) is 0 Å². The zero-order chi connectivity index (χ0) is 16.9. The first-order chi connectivity index (χ1) is 10.9. The molecular weight excluding hydrogens is 316 g/mol. The van der Waals surface area contributed by atoms with Crippen LogP contribution in [0.1, 0.15) is 35.2 Å². The maximum Gasteiger partial charge on any atom is 0.251 e. The number of rotatable bonds is 9. The van der Waals surface area contributed by atoms with E-state index in [2.05, 4.69) is 10.0 Å². The number of nitrogens with one attached hydrogen (secondary N) is 2. The van der Waals surface area contributed by atoms with E-state index in [9.17, 15) is 13.2 Å². The van der Waals surface area contributed by atoms with E-state index < -0.39 is 10.0 Å². The Morgan fingerprint density at radius 2 is 2.09 bits per heavy atom. The second kappa shape index (κ2) is 7.90. The molecule has 23 heavy (non-hydrogen) atoms. The summed E-state index contributed by atoms with van der Waals surface area (Å²) in [6, 6.07) is 4.53. The van der Waals surface area contributed by atoms with Gasteiger partial charge in [0.25, 0.3) is 5.91 Å². The molecule has 0 saturated heterocycles. The van der Waals surface area contributed by atoms with E-state index in [4.69, 9.17) is 4.74 Å². The normalized spacial score (nSPS) is 14.7. The summed E-state index contributed by atoms with van der Waals surface area (Å²) >= 11 is 0. The van der Waals surface area contributed by atoms with Gasteiger partial charge in [0, 0.05) is 25.3 Å². The molecule has 0 aromatic heterocycles. The van der Waals surface area contributed by atoms with Crippen molar-refractivity contribution in [2.75, 3.05) is 26.8 Å². The topological polar surface area (TPSA) is 84.5 Å². The third-order valence-corrected chi connectivity index (χ3v) is 5.25. The molecule has 128 valence electrons. The van der Waals surface area contributed by atoms with Gasteiger partial charge in [-0.15, -0.1) is 0 Å². The van der Waals surface area contributed by atoms with Gasteiger partial charge in [0.05, 0.1) is 4.90 Å². The summed E-state index contributed by atoms with van der Waals surface area (Å²) < 4.78 is 31.4. The molecule has 1 amide bonds. The molecule has 1 aromatic carbocycles. The SMILES string of the molecule is CNS(=O)(=O)c1ccc(C)c(C(=O)NCCCOCC2CC2)c1. The molecule has 7 heteroatoms. The number of benzene rings is 1. The molecule has 2 rings (SSSR count). The zero-order valence-corrected chi connectivity index (χ0v) is 14.4. The van der Waals surface area contributed by atoms with Crippen molar-refractivity contribution in [3.8, 4) is 0 Å². The van der Waals surface area contributed by atoms with Crippen LogP contribution in [0.3, 0.4) is 0 Å². The van der Waals surface area contributed by atoms with Crippen LogP contribution in [0.4, 0.5) is 0 Å². The van der Waals surface area contributed by atoms with Gasteiger partial charge < -0.3 is 10.1 Å². The lowest BCUT2D eigenvalue weighted by molar-refractivity contribution is 0.0936. The second-order valence-electron chi connectivity index (χ2n) is 5.81. The van der Waals surface area contributed by atoms with Crippen molar-refractivity contribution in [3.63, 3.8) is 0 Å². The fourth-order valence-corrected chi connectivity index (χ4v) is 2.89. The van der Waals surface area contributed by atoms with E-state index in [1.165, 1.54) is 32.0 Å². The largest absolute Gasteiger partial charge is 0.381 e. The van der Waals surface area contributed by atoms with Crippen molar-refractivity contribution in [2.45, 2.75) is 31.1 Å². The van der Waals surface area contributed by atoms with Crippen LogP contribution in [0.5, 0.6) is 0 Å². The second-order valence-corrected chi connectivity index (χ2v) is 7.70. The lowest BCUT2D eigenvalue weighted by Crippen LogP contribution is -2.27. The lowest BCUT2D eigenvalue weighted by Gasteiger charge is -2.10. The number of ether oxygens (including phenoxy) is 1. The first-order valence-electron chi connectivity index (χ1n) is 7.84. The first kappa shape index (κ1) is 17.9. The van der Waals surface area contributed by atoms with Crippen LogP contribution >= 0.6 is 0 Å². The Balaban J connectivity index is 1.86. The fourth-order valence-electron chi connectivity index (χ4n) is 2.14. The Hall–Kier alpha value is -1.44. The minimum Gasteiger partial charge on any atom is -0.381 e. The molecule has 1 fully saturated rings. The van der Waals surface area contributed by atoms with Crippen molar-refractivity contribution in [1.29, 1.82) is 0 Å². The van der Waals surface area contributed by atoms with Gasteiger partial charge in [0.1, 0.15) is 0 Å². The molecule has 6 nitrogen and oxygen atoms in total. The van der Waals surface area contributed by atoms with E-state index in [1.807, 2.05) is 0 Å². The van der Waals surface area contributed by atoms with E-state index >= 15 is 0 Å². The summed E-state index contributed by atoms with van der Waals surface area (Å²) in [5.74, 6) is 0.474. The lowest BCUT2D eigenvalue weighted by atomic mass is 10.1. The number of carbonyl (C=O) groups excluding carboxylic acids is 1. The van der Waals surface area contributed by atoms with Crippen LogP contribution < -0.4 is 10.0 Å². The smallest absolute Gasteiger partial charge is 0.251 e. The minimum absolute atomic E-state index is 0.0866. The van der Waals surface area contributed by atoms with Crippen molar-refractivity contribution in [2.24, 2.45) is 5.92 Å².